The lowest BCUT2D eigenvalue weighted by molar-refractivity contribution is 0.937. The van der Waals surface area contributed by atoms with Crippen molar-refractivity contribution in [3.8, 4) is 17.1 Å². The summed E-state index contributed by atoms with van der Waals surface area (Å²) >= 11 is 12.3. The molecule has 0 saturated carbocycles. The molecule has 2 heterocycles. The summed E-state index contributed by atoms with van der Waals surface area (Å²) in [4.78, 5) is 8.63. The maximum atomic E-state index is 6.16. The zero-order valence-corrected chi connectivity index (χ0v) is 11.3. The van der Waals surface area contributed by atoms with Gasteiger partial charge >= 0.3 is 0 Å². The third kappa shape index (κ3) is 2.35. The molecule has 0 N–H and O–H groups in total. The molecule has 19 heavy (non-hydrogen) atoms. The molecule has 0 radical (unpaired) electrons. The van der Waals surface area contributed by atoms with E-state index in [9.17, 15) is 0 Å². The van der Waals surface area contributed by atoms with E-state index < -0.39 is 0 Å². The van der Waals surface area contributed by atoms with Crippen molar-refractivity contribution in [3.05, 3.63) is 65.2 Å². The molecule has 3 nitrogen and oxygen atoms in total. The van der Waals surface area contributed by atoms with Gasteiger partial charge in [-0.15, -0.1) is 0 Å². The van der Waals surface area contributed by atoms with Crippen molar-refractivity contribution in [2.75, 3.05) is 0 Å². The van der Waals surface area contributed by atoms with Crippen LogP contribution in [0.1, 0.15) is 0 Å². The first-order chi connectivity index (χ1) is 9.25. The minimum Gasteiger partial charge on any atom is -0.293 e. The van der Waals surface area contributed by atoms with Crippen LogP contribution in [-0.4, -0.2) is 14.5 Å². The summed E-state index contributed by atoms with van der Waals surface area (Å²) in [5.41, 5.74) is 1.55. The summed E-state index contributed by atoms with van der Waals surface area (Å²) < 4.78 is 1.83. The summed E-state index contributed by atoms with van der Waals surface area (Å²) in [5.74, 6) is 0.608. The average molecular weight is 290 g/mol. The fourth-order valence-corrected chi connectivity index (χ4v) is 2.44. The van der Waals surface area contributed by atoms with E-state index in [4.69, 9.17) is 23.2 Å². The lowest BCUT2D eigenvalue weighted by atomic mass is 10.1. The second-order valence-corrected chi connectivity index (χ2v) is 4.77. The van der Waals surface area contributed by atoms with Gasteiger partial charge in [-0.25, -0.2) is 9.97 Å². The van der Waals surface area contributed by atoms with Gasteiger partial charge in [0.1, 0.15) is 0 Å². The molecule has 0 aliphatic rings. The first kappa shape index (κ1) is 12.2. The Morgan fingerprint density at radius 2 is 1.42 bits per heavy atom. The highest BCUT2D eigenvalue weighted by Crippen LogP contribution is 2.33. The van der Waals surface area contributed by atoms with E-state index in [1.54, 1.807) is 24.5 Å². The van der Waals surface area contributed by atoms with Gasteiger partial charge in [0, 0.05) is 35.9 Å². The van der Waals surface area contributed by atoms with E-state index in [0.29, 0.717) is 16.0 Å². The van der Waals surface area contributed by atoms with E-state index in [1.165, 1.54) is 0 Å². The quantitative estimate of drug-likeness (QED) is 0.706. The normalized spacial score (nSPS) is 10.6. The lowest BCUT2D eigenvalue weighted by Gasteiger charge is -2.07. The van der Waals surface area contributed by atoms with Crippen molar-refractivity contribution < 1.29 is 0 Å². The Balaban J connectivity index is 2.04. The summed E-state index contributed by atoms with van der Waals surface area (Å²) in [6.07, 6.45) is 7.21. The van der Waals surface area contributed by atoms with Crippen molar-refractivity contribution in [2.45, 2.75) is 0 Å². The van der Waals surface area contributed by atoms with Gasteiger partial charge in [-0.3, -0.25) is 4.57 Å². The Hall–Kier alpha value is -1.84. The third-order valence-electron chi connectivity index (χ3n) is 2.73. The Morgan fingerprint density at radius 1 is 0.842 bits per heavy atom. The molecule has 1 aromatic carbocycles. The molecule has 0 saturated heterocycles. The summed E-state index contributed by atoms with van der Waals surface area (Å²) in [5, 5.41) is 1.18. The molecular formula is C14H9Cl2N3. The molecule has 0 fully saturated rings. The molecule has 5 heteroatoms. The van der Waals surface area contributed by atoms with Crippen LogP contribution in [0.4, 0.5) is 0 Å². The summed E-state index contributed by atoms with van der Waals surface area (Å²) in [7, 11) is 0. The predicted octanol–water partition coefficient (Wildman–Crippen LogP) is 4.24. The van der Waals surface area contributed by atoms with Crippen LogP contribution in [0.25, 0.3) is 17.1 Å². The van der Waals surface area contributed by atoms with Crippen LogP contribution in [-0.2, 0) is 0 Å². The number of hydrogen-bond donors (Lipinski definition) is 0. The van der Waals surface area contributed by atoms with Gasteiger partial charge in [0.2, 0.25) is 5.95 Å². The molecular weight excluding hydrogens is 281 g/mol. The highest BCUT2D eigenvalue weighted by atomic mass is 35.5. The van der Waals surface area contributed by atoms with Crippen molar-refractivity contribution in [2.24, 2.45) is 0 Å². The van der Waals surface area contributed by atoms with Gasteiger partial charge in [-0.1, -0.05) is 29.3 Å². The van der Waals surface area contributed by atoms with Gasteiger partial charge in [0.25, 0.3) is 0 Å². The average Bonchev–Trinajstić information content (AvgIpc) is 2.93. The number of halogens is 2. The number of nitrogens with zero attached hydrogens (tertiary/aromatic N) is 3. The molecule has 0 atom stereocenters. The first-order valence-electron chi connectivity index (χ1n) is 5.65. The van der Waals surface area contributed by atoms with E-state index in [1.807, 2.05) is 35.2 Å². The summed E-state index contributed by atoms with van der Waals surface area (Å²) in [6, 6.07) is 9.23. The Bertz CT molecular complexity index is 671. The number of aromatic nitrogens is 3. The molecule has 0 spiro atoms. The molecule has 0 amide bonds. The fourth-order valence-electron chi connectivity index (χ4n) is 1.83. The molecule has 2 aromatic heterocycles. The monoisotopic (exact) mass is 289 g/mol. The Labute approximate surface area is 120 Å². The van der Waals surface area contributed by atoms with Crippen molar-refractivity contribution >= 4 is 23.2 Å². The van der Waals surface area contributed by atoms with Gasteiger partial charge in [0.05, 0.1) is 10.0 Å². The SMILES string of the molecule is Clc1cccc(Cl)c1-c1cnc(-n2cccc2)nc1. The van der Waals surface area contributed by atoms with Crippen LogP contribution >= 0.6 is 23.2 Å². The van der Waals surface area contributed by atoms with Crippen molar-refractivity contribution in [1.82, 2.24) is 14.5 Å². The molecule has 0 unspecified atom stereocenters. The molecule has 0 aliphatic carbocycles. The molecule has 0 aliphatic heterocycles. The zero-order chi connectivity index (χ0) is 13.2. The van der Waals surface area contributed by atoms with Gasteiger partial charge in [-0.2, -0.15) is 0 Å². The van der Waals surface area contributed by atoms with E-state index in [0.717, 1.165) is 11.1 Å². The molecule has 3 aromatic rings. The van der Waals surface area contributed by atoms with Crippen LogP contribution in [0.2, 0.25) is 10.0 Å². The first-order valence-corrected chi connectivity index (χ1v) is 6.41. The predicted molar refractivity (Wildman–Crippen MR) is 76.8 cm³/mol. The second kappa shape index (κ2) is 5.03. The van der Waals surface area contributed by atoms with E-state index >= 15 is 0 Å². The van der Waals surface area contributed by atoms with Crippen LogP contribution in [0.5, 0.6) is 0 Å². The van der Waals surface area contributed by atoms with E-state index in [-0.39, 0.29) is 0 Å². The summed E-state index contributed by atoms with van der Waals surface area (Å²) in [6.45, 7) is 0. The number of benzene rings is 1. The number of rotatable bonds is 2. The molecule has 3 rings (SSSR count). The highest BCUT2D eigenvalue weighted by molar-refractivity contribution is 6.39. The largest absolute Gasteiger partial charge is 0.293 e. The molecule has 94 valence electrons. The van der Waals surface area contributed by atoms with Crippen molar-refractivity contribution in [1.29, 1.82) is 0 Å². The van der Waals surface area contributed by atoms with Gasteiger partial charge < -0.3 is 0 Å². The van der Waals surface area contributed by atoms with Crippen LogP contribution in [0, 0.1) is 0 Å². The number of hydrogen-bond acceptors (Lipinski definition) is 2. The Morgan fingerprint density at radius 3 is 2.00 bits per heavy atom. The lowest BCUT2D eigenvalue weighted by Crippen LogP contribution is -1.98. The second-order valence-electron chi connectivity index (χ2n) is 3.96. The van der Waals surface area contributed by atoms with Crippen LogP contribution in [0.15, 0.2) is 55.1 Å². The van der Waals surface area contributed by atoms with Crippen LogP contribution < -0.4 is 0 Å². The fraction of sp³-hybridized carbons (Fsp3) is 0. The maximum absolute atomic E-state index is 6.16. The van der Waals surface area contributed by atoms with Crippen molar-refractivity contribution in [3.63, 3.8) is 0 Å². The molecule has 0 bridgehead atoms. The maximum Gasteiger partial charge on any atom is 0.233 e. The standard InChI is InChI=1S/C14H9Cl2N3/c15-11-4-3-5-12(16)13(11)10-8-17-14(18-9-10)19-6-1-2-7-19/h1-9H. The van der Waals surface area contributed by atoms with Gasteiger partial charge in [-0.05, 0) is 24.3 Å². The minimum absolute atomic E-state index is 0.588. The van der Waals surface area contributed by atoms with E-state index in [2.05, 4.69) is 9.97 Å². The van der Waals surface area contributed by atoms with Gasteiger partial charge in [0.15, 0.2) is 0 Å². The van der Waals surface area contributed by atoms with Crippen LogP contribution in [0.3, 0.4) is 0 Å². The smallest absolute Gasteiger partial charge is 0.233 e. The third-order valence-corrected chi connectivity index (χ3v) is 3.35. The topological polar surface area (TPSA) is 30.7 Å². The minimum atomic E-state index is 0.588. The Kier molecular flexibility index (Phi) is 3.23. The zero-order valence-electron chi connectivity index (χ0n) is 9.79. The highest BCUT2D eigenvalue weighted by Gasteiger charge is 2.09.